The van der Waals surface area contributed by atoms with Crippen LogP contribution >= 0.6 is 22.9 Å². The molecule has 0 aliphatic carbocycles. The Morgan fingerprint density at radius 3 is 3.09 bits per heavy atom. The number of amides is 1. The number of ether oxygens (including phenoxy) is 1. The molecule has 0 saturated carbocycles. The molecule has 0 saturated heterocycles. The summed E-state index contributed by atoms with van der Waals surface area (Å²) < 4.78 is 5.69. The van der Waals surface area contributed by atoms with E-state index in [4.69, 9.17) is 22.1 Å². The summed E-state index contributed by atoms with van der Waals surface area (Å²) in [7, 11) is 0. The molecule has 7 heteroatoms. The van der Waals surface area contributed by atoms with E-state index in [1.54, 1.807) is 17.5 Å². The summed E-state index contributed by atoms with van der Waals surface area (Å²) in [5.41, 5.74) is 5.89. The maximum Gasteiger partial charge on any atom is 0.270 e. The Morgan fingerprint density at radius 1 is 1.55 bits per heavy atom. The highest BCUT2D eigenvalue weighted by atomic mass is 35.5. The maximum absolute atomic E-state index is 12.0. The molecule has 1 atom stereocenters. The summed E-state index contributed by atoms with van der Waals surface area (Å²) in [5, 5.41) is 6.03. The Morgan fingerprint density at radius 2 is 2.36 bits per heavy atom. The van der Waals surface area contributed by atoms with E-state index in [-0.39, 0.29) is 12.0 Å². The van der Waals surface area contributed by atoms with Crippen molar-refractivity contribution in [3.8, 4) is 5.75 Å². The van der Waals surface area contributed by atoms with E-state index in [9.17, 15) is 4.79 Å². The van der Waals surface area contributed by atoms with Crippen LogP contribution in [0.3, 0.4) is 0 Å². The second-order valence-electron chi connectivity index (χ2n) is 4.76. The zero-order chi connectivity index (χ0) is 15.9. The van der Waals surface area contributed by atoms with Gasteiger partial charge in [0.05, 0.1) is 11.6 Å². The molecule has 118 valence electrons. The van der Waals surface area contributed by atoms with Gasteiger partial charge < -0.3 is 15.8 Å². The number of thiazole rings is 1. The van der Waals surface area contributed by atoms with Crippen molar-refractivity contribution < 1.29 is 9.53 Å². The highest BCUT2D eigenvalue weighted by molar-refractivity contribution is 7.09. The Labute approximate surface area is 138 Å². The minimum absolute atomic E-state index is 0.176. The average Bonchev–Trinajstić information content (AvgIpc) is 2.94. The Kier molecular flexibility index (Phi) is 6.18. The molecule has 2 rings (SSSR count). The van der Waals surface area contributed by atoms with Crippen LogP contribution in [0, 0.1) is 0 Å². The maximum atomic E-state index is 12.0. The molecule has 1 aromatic carbocycles. The molecule has 5 nitrogen and oxygen atoms in total. The van der Waals surface area contributed by atoms with E-state index >= 15 is 0 Å². The third-order valence-corrected chi connectivity index (χ3v) is 3.97. The first-order valence-corrected chi connectivity index (χ1v) is 8.19. The number of carbonyl (C=O) groups excluding carboxylic acids is 1. The number of halogens is 1. The molecule has 3 N–H and O–H groups in total. The van der Waals surface area contributed by atoms with Crippen molar-refractivity contribution in [1.82, 2.24) is 10.3 Å². The second kappa shape index (κ2) is 8.12. The van der Waals surface area contributed by atoms with Crippen LogP contribution in [-0.2, 0) is 6.42 Å². The first kappa shape index (κ1) is 16.7. The van der Waals surface area contributed by atoms with Crippen molar-refractivity contribution in [2.24, 2.45) is 5.73 Å². The average molecular weight is 340 g/mol. The van der Waals surface area contributed by atoms with Gasteiger partial charge in [-0.3, -0.25) is 4.79 Å². The largest absolute Gasteiger partial charge is 0.489 e. The van der Waals surface area contributed by atoms with Gasteiger partial charge in [-0.25, -0.2) is 4.98 Å². The summed E-state index contributed by atoms with van der Waals surface area (Å²) in [6.45, 7) is 2.79. The minimum Gasteiger partial charge on any atom is -0.489 e. The monoisotopic (exact) mass is 339 g/mol. The first-order valence-electron chi connectivity index (χ1n) is 6.93. The molecule has 2 aromatic rings. The molecule has 0 fully saturated rings. The quantitative estimate of drug-likeness (QED) is 0.812. The van der Waals surface area contributed by atoms with Crippen LogP contribution in [0.2, 0.25) is 5.02 Å². The number of nitrogens with two attached hydrogens (primary N) is 1. The van der Waals surface area contributed by atoms with E-state index < -0.39 is 0 Å². The summed E-state index contributed by atoms with van der Waals surface area (Å²) in [4.78, 5) is 16.2. The van der Waals surface area contributed by atoms with Gasteiger partial charge in [0.15, 0.2) is 0 Å². The highest BCUT2D eigenvalue weighted by Crippen LogP contribution is 2.18. The fraction of sp³-hybridized carbons (Fsp3) is 0.333. The number of nitrogens with zero attached hydrogens (tertiary/aromatic N) is 1. The molecular weight excluding hydrogens is 322 g/mol. The number of nitrogens with one attached hydrogen (secondary N) is 1. The zero-order valence-corrected chi connectivity index (χ0v) is 13.8. The smallest absolute Gasteiger partial charge is 0.270 e. The standard InChI is InChI=1S/C15H18ClN3O2S/c1-10(21-12-4-2-3-11(16)7-12)8-18-15(20)13-9-22-14(19-13)5-6-17/h2-4,7,9-10H,5-6,8,17H2,1H3,(H,18,20). The number of benzene rings is 1. The van der Waals surface area contributed by atoms with Gasteiger partial charge in [0, 0.05) is 16.8 Å². The molecule has 1 heterocycles. The lowest BCUT2D eigenvalue weighted by Gasteiger charge is -2.15. The van der Waals surface area contributed by atoms with Crippen molar-refractivity contribution >= 4 is 28.8 Å². The topological polar surface area (TPSA) is 77.2 Å². The van der Waals surface area contributed by atoms with Crippen LogP contribution in [0.5, 0.6) is 5.75 Å². The number of carbonyl (C=O) groups is 1. The van der Waals surface area contributed by atoms with Crippen molar-refractivity contribution in [2.45, 2.75) is 19.4 Å². The van der Waals surface area contributed by atoms with Crippen molar-refractivity contribution in [2.75, 3.05) is 13.1 Å². The third kappa shape index (κ3) is 4.98. The van der Waals surface area contributed by atoms with Crippen molar-refractivity contribution in [1.29, 1.82) is 0 Å². The van der Waals surface area contributed by atoms with E-state index in [1.165, 1.54) is 11.3 Å². The van der Waals surface area contributed by atoms with E-state index in [1.807, 2.05) is 19.1 Å². The van der Waals surface area contributed by atoms with Gasteiger partial charge >= 0.3 is 0 Å². The summed E-state index contributed by atoms with van der Waals surface area (Å²) >= 11 is 7.34. The van der Waals surface area contributed by atoms with Crippen LogP contribution in [0.15, 0.2) is 29.6 Å². The van der Waals surface area contributed by atoms with Crippen LogP contribution in [-0.4, -0.2) is 30.1 Å². The molecule has 22 heavy (non-hydrogen) atoms. The van der Waals surface area contributed by atoms with Gasteiger partial charge in [0.25, 0.3) is 5.91 Å². The van der Waals surface area contributed by atoms with Crippen LogP contribution in [0.1, 0.15) is 22.4 Å². The Hall–Kier alpha value is -1.63. The molecule has 1 unspecified atom stereocenters. The van der Waals surface area contributed by atoms with Crippen LogP contribution < -0.4 is 15.8 Å². The van der Waals surface area contributed by atoms with E-state index in [0.717, 1.165) is 5.01 Å². The molecule has 0 aliphatic heterocycles. The predicted molar refractivity (Wildman–Crippen MR) is 88.7 cm³/mol. The summed E-state index contributed by atoms with van der Waals surface area (Å²) in [6, 6.07) is 7.16. The SMILES string of the molecule is CC(CNC(=O)c1csc(CCN)n1)Oc1cccc(Cl)c1. The molecule has 1 aromatic heterocycles. The van der Waals surface area contributed by atoms with Gasteiger partial charge in [-0.15, -0.1) is 11.3 Å². The van der Waals surface area contributed by atoms with Gasteiger partial charge in [0.1, 0.15) is 17.5 Å². The lowest BCUT2D eigenvalue weighted by atomic mass is 10.3. The van der Waals surface area contributed by atoms with E-state index in [0.29, 0.717) is 36.0 Å². The van der Waals surface area contributed by atoms with Crippen LogP contribution in [0.25, 0.3) is 0 Å². The number of aromatic nitrogens is 1. The number of rotatable bonds is 7. The van der Waals surface area contributed by atoms with Crippen LogP contribution in [0.4, 0.5) is 0 Å². The van der Waals surface area contributed by atoms with Gasteiger partial charge in [0.2, 0.25) is 0 Å². The lowest BCUT2D eigenvalue weighted by molar-refractivity contribution is 0.0927. The Bertz CT molecular complexity index is 633. The van der Waals surface area contributed by atoms with Gasteiger partial charge in [-0.1, -0.05) is 17.7 Å². The highest BCUT2D eigenvalue weighted by Gasteiger charge is 2.12. The number of hydrogen-bond donors (Lipinski definition) is 2. The molecule has 0 aliphatic rings. The zero-order valence-electron chi connectivity index (χ0n) is 12.2. The van der Waals surface area contributed by atoms with Gasteiger partial charge in [-0.2, -0.15) is 0 Å². The molecular formula is C15H18ClN3O2S. The number of hydrogen-bond acceptors (Lipinski definition) is 5. The minimum atomic E-state index is -0.207. The van der Waals surface area contributed by atoms with Gasteiger partial charge in [-0.05, 0) is 31.7 Å². The lowest BCUT2D eigenvalue weighted by Crippen LogP contribution is -2.33. The summed E-state index contributed by atoms with van der Waals surface area (Å²) in [6.07, 6.45) is 0.510. The van der Waals surface area contributed by atoms with E-state index in [2.05, 4.69) is 10.3 Å². The van der Waals surface area contributed by atoms with Crippen molar-refractivity contribution in [3.63, 3.8) is 0 Å². The Balaban J connectivity index is 1.82. The second-order valence-corrected chi connectivity index (χ2v) is 6.14. The van der Waals surface area contributed by atoms with Crippen molar-refractivity contribution in [3.05, 3.63) is 45.4 Å². The summed E-state index contributed by atoms with van der Waals surface area (Å²) in [5.74, 6) is 0.467. The third-order valence-electron chi connectivity index (χ3n) is 2.83. The normalized spacial score (nSPS) is 12.0. The molecule has 0 spiro atoms. The first-order chi connectivity index (χ1) is 10.6. The fourth-order valence-electron chi connectivity index (χ4n) is 1.79. The molecule has 0 radical (unpaired) electrons. The molecule has 0 bridgehead atoms. The predicted octanol–water partition coefficient (Wildman–Crippen LogP) is 2.50. The molecule has 1 amide bonds. The fourth-order valence-corrected chi connectivity index (χ4v) is 2.77.